The van der Waals surface area contributed by atoms with Crippen molar-refractivity contribution in [3.05, 3.63) is 11.7 Å². The summed E-state index contributed by atoms with van der Waals surface area (Å²) in [7, 11) is 1.68. The fourth-order valence-corrected chi connectivity index (χ4v) is 2.25. The van der Waals surface area contributed by atoms with E-state index in [1.165, 1.54) is 4.90 Å². The lowest BCUT2D eigenvalue weighted by Gasteiger charge is -2.19. The zero-order valence-corrected chi connectivity index (χ0v) is 10.5. The molecule has 100 valence electrons. The summed E-state index contributed by atoms with van der Waals surface area (Å²) in [4.78, 5) is 17.7. The number of hydrogen-bond acceptors (Lipinski definition) is 6. The lowest BCUT2D eigenvalue weighted by molar-refractivity contribution is -0.135. The predicted molar refractivity (Wildman–Crippen MR) is 62.2 cm³/mol. The second-order valence-electron chi connectivity index (χ2n) is 4.83. The molecule has 0 unspecified atom stereocenters. The van der Waals surface area contributed by atoms with Gasteiger partial charge in [0.2, 0.25) is 11.8 Å². The van der Waals surface area contributed by atoms with Crippen LogP contribution in [0.15, 0.2) is 4.52 Å². The number of aromatic nitrogens is 2. The minimum atomic E-state index is -0.585. The molecule has 18 heavy (non-hydrogen) atoms. The number of hydrogen-bond donors (Lipinski definition) is 2. The fraction of sp³-hybridized carbons (Fsp3) is 0.727. The maximum Gasteiger partial charge on any atom is 0.246 e. The number of nitrogens with two attached hydrogens (primary N) is 1. The molecule has 1 heterocycles. The summed E-state index contributed by atoms with van der Waals surface area (Å²) in [6.45, 7) is 2.00. The van der Waals surface area contributed by atoms with E-state index in [2.05, 4.69) is 10.1 Å². The minimum Gasteiger partial charge on any atom is -0.391 e. The normalized spacial score (nSPS) is 27.4. The van der Waals surface area contributed by atoms with Crippen molar-refractivity contribution in [1.29, 1.82) is 0 Å². The van der Waals surface area contributed by atoms with E-state index >= 15 is 0 Å². The van der Waals surface area contributed by atoms with E-state index in [9.17, 15) is 9.90 Å². The first-order valence-corrected chi connectivity index (χ1v) is 5.95. The van der Waals surface area contributed by atoms with Crippen LogP contribution in [0.3, 0.4) is 0 Å². The molecule has 0 saturated heterocycles. The largest absolute Gasteiger partial charge is 0.391 e. The molecule has 3 N–H and O–H groups in total. The Labute approximate surface area is 105 Å². The molecular weight excluding hydrogens is 236 g/mol. The molecule has 1 aromatic rings. The topological polar surface area (TPSA) is 105 Å². The van der Waals surface area contributed by atoms with Gasteiger partial charge in [0.1, 0.15) is 0 Å². The zero-order valence-electron chi connectivity index (χ0n) is 10.5. The number of carbonyl (C=O) groups is 1. The van der Waals surface area contributed by atoms with Crippen molar-refractivity contribution in [2.45, 2.75) is 38.5 Å². The number of aryl methyl sites for hydroxylation is 1. The van der Waals surface area contributed by atoms with Crippen LogP contribution in [0.2, 0.25) is 0 Å². The first kappa shape index (κ1) is 13.0. The summed E-state index contributed by atoms with van der Waals surface area (Å²) in [5.41, 5.74) is 5.70. The van der Waals surface area contributed by atoms with E-state index in [0.717, 1.165) is 0 Å². The second kappa shape index (κ2) is 5.03. The van der Waals surface area contributed by atoms with Gasteiger partial charge in [0.05, 0.1) is 12.6 Å². The monoisotopic (exact) mass is 254 g/mol. The number of nitrogens with zero attached hydrogens (tertiary/aromatic N) is 3. The van der Waals surface area contributed by atoms with Crippen LogP contribution in [-0.2, 0) is 11.3 Å². The van der Waals surface area contributed by atoms with Gasteiger partial charge in [-0.1, -0.05) is 5.16 Å². The summed E-state index contributed by atoms with van der Waals surface area (Å²) in [6, 6.07) is -0.307. The van der Waals surface area contributed by atoms with Crippen molar-refractivity contribution < 1.29 is 14.4 Å². The third-order valence-electron chi connectivity index (χ3n) is 3.24. The van der Waals surface area contributed by atoms with Crippen molar-refractivity contribution >= 4 is 5.91 Å². The van der Waals surface area contributed by atoms with Crippen LogP contribution in [0, 0.1) is 12.8 Å². The van der Waals surface area contributed by atoms with Gasteiger partial charge in [-0.25, -0.2) is 0 Å². The fourth-order valence-electron chi connectivity index (χ4n) is 2.25. The molecule has 0 aliphatic heterocycles. The van der Waals surface area contributed by atoms with Crippen molar-refractivity contribution in [3.63, 3.8) is 0 Å². The molecule has 1 aromatic heterocycles. The number of amides is 1. The number of carbonyl (C=O) groups excluding carboxylic acids is 1. The van der Waals surface area contributed by atoms with Crippen molar-refractivity contribution in [2.75, 3.05) is 7.05 Å². The number of aliphatic hydroxyl groups excluding tert-OH is 1. The molecule has 7 heteroatoms. The highest BCUT2D eigenvalue weighted by Crippen LogP contribution is 2.26. The Kier molecular flexibility index (Phi) is 3.63. The number of rotatable bonds is 3. The van der Waals surface area contributed by atoms with Crippen molar-refractivity contribution in [3.8, 4) is 0 Å². The smallest absolute Gasteiger partial charge is 0.246 e. The molecule has 0 bridgehead atoms. The Bertz CT molecular complexity index is 424. The first-order valence-electron chi connectivity index (χ1n) is 5.95. The van der Waals surface area contributed by atoms with Crippen molar-refractivity contribution in [1.82, 2.24) is 15.0 Å². The Morgan fingerprint density at radius 1 is 1.61 bits per heavy atom. The van der Waals surface area contributed by atoms with Crippen LogP contribution in [0.1, 0.15) is 24.6 Å². The molecule has 0 aromatic carbocycles. The summed E-state index contributed by atoms with van der Waals surface area (Å²) in [5.74, 6) is 0.692. The molecule has 1 saturated carbocycles. The molecule has 1 aliphatic carbocycles. The highest BCUT2D eigenvalue weighted by molar-refractivity contribution is 5.79. The highest BCUT2D eigenvalue weighted by atomic mass is 16.5. The van der Waals surface area contributed by atoms with Crippen LogP contribution in [0.4, 0.5) is 0 Å². The summed E-state index contributed by atoms with van der Waals surface area (Å²) < 4.78 is 4.96. The van der Waals surface area contributed by atoms with Gasteiger partial charge in [0.25, 0.3) is 0 Å². The molecule has 2 rings (SSSR count). The molecule has 0 radical (unpaired) electrons. The lowest BCUT2D eigenvalue weighted by atomic mass is 10.1. The van der Waals surface area contributed by atoms with Gasteiger partial charge >= 0.3 is 0 Å². The quantitative estimate of drug-likeness (QED) is 0.748. The van der Waals surface area contributed by atoms with Gasteiger partial charge < -0.3 is 20.3 Å². The molecule has 1 amide bonds. The van der Waals surface area contributed by atoms with E-state index in [4.69, 9.17) is 10.3 Å². The van der Waals surface area contributed by atoms with E-state index in [1.54, 1.807) is 14.0 Å². The Morgan fingerprint density at radius 2 is 2.33 bits per heavy atom. The first-order chi connectivity index (χ1) is 8.47. The molecule has 1 aliphatic rings. The van der Waals surface area contributed by atoms with Gasteiger partial charge in [-0.2, -0.15) is 4.98 Å². The average Bonchev–Trinajstić information content (AvgIpc) is 2.85. The summed E-state index contributed by atoms with van der Waals surface area (Å²) in [5, 5.41) is 13.2. The molecule has 3 atom stereocenters. The second-order valence-corrected chi connectivity index (χ2v) is 4.83. The maximum atomic E-state index is 12.1. The van der Waals surface area contributed by atoms with Gasteiger partial charge in [-0.15, -0.1) is 0 Å². The van der Waals surface area contributed by atoms with E-state index in [1.807, 2.05) is 0 Å². The SMILES string of the molecule is Cc1noc(CN(C)C(=O)[C@H]2C[C@@H](N)[C@H](O)C2)n1. The molecule has 1 fully saturated rings. The van der Waals surface area contributed by atoms with Crippen LogP contribution in [0.25, 0.3) is 0 Å². The van der Waals surface area contributed by atoms with Gasteiger partial charge in [0.15, 0.2) is 5.82 Å². The maximum absolute atomic E-state index is 12.1. The summed E-state index contributed by atoms with van der Waals surface area (Å²) in [6.07, 6.45) is 0.360. The standard InChI is InChI=1S/C11H18N4O3/c1-6-13-10(18-14-6)5-15(2)11(17)7-3-8(12)9(16)4-7/h7-9,16H,3-5,12H2,1-2H3/t7-,8+,9+/m0/s1. The zero-order chi connectivity index (χ0) is 13.3. The molecule has 0 spiro atoms. The van der Waals surface area contributed by atoms with Crippen LogP contribution in [-0.4, -0.2) is 45.2 Å². The van der Waals surface area contributed by atoms with Crippen molar-refractivity contribution in [2.24, 2.45) is 11.7 Å². The van der Waals surface area contributed by atoms with E-state index in [-0.39, 0.29) is 24.4 Å². The predicted octanol–water partition coefficient (Wildman–Crippen LogP) is -0.565. The number of aliphatic hydroxyl groups is 1. The minimum absolute atomic E-state index is 0.0437. The third kappa shape index (κ3) is 2.68. The lowest BCUT2D eigenvalue weighted by Crippen LogP contribution is -2.32. The Hall–Kier alpha value is -1.47. The Morgan fingerprint density at radius 3 is 2.83 bits per heavy atom. The highest BCUT2D eigenvalue weighted by Gasteiger charge is 2.36. The van der Waals surface area contributed by atoms with Crippen LogP contribution >= 0.6 is 0 Å². The third-order valence-corrected chi connectivity index (χ3v) is 3.24. The van der Waals surface area contributed by atoms with Gasteiger partial charge in [-0.3, -0.25) is 4.79 Å². The van der Waals surface area contributed by atoms with E-state index in [0.29, 0.717) is 24.6 Å². The van der Waals surface area contributed by atoms with Gasteiger partial charge in [0, 0.05) is 19.0 Å². The Balaban J connectivity index is 1.93. The van der Waals surface area contributed by atoms with E-state index < -0.39 is 6.10 Å². The summed E-state index contributed by atoms with van der Waals surface area (Å²) >= 11 is 0. The molecular formula is C11H18N4O3. The molecule has 7 nitrogen and oxygen atoms in total. The average molecular weight is 254 g/mol. The van der Waals surface area contributed by atoms with Crippen LogP contribution < -0.4 is 5.73 Å². The van der Waals surface area contributed by atoms with Crippen LogP contribution in [0.5, 0.6) is 0 Å². The van der Waals surface area contributed by atoms with Gasteiger partial charge in [-0.05, 0) is 19.8 Å².